The van der Waals surface area contributed by atoms with E-state index in [2.05, 4.69) is 27.9 Å². The standard InChI is InChI=1S/C25H20ClIN2O2/c1-17(20-5-3-2-4-6-20)29-25(30)21(15-28)13-19-9-12-24(23(27)14-19)31-16-18-7-10-22(26)11-8-18/h2-14,17H,16H2,1H3,(H,29,30)/b21-13-/t17-/m0/s1. The third-order valence-electron chi connectivity index (χ3n) is 4.59. The number of halogens is 2. The quantitative estimate of drug-likeness (QED) is 0.216. The summed E-state index contributed by atoms with van der Waals surface area (Å²) in [6.07, 6.45) is 1.58. The zero-order chi connectivity index (χ0) is 22.2. The third-order valence-corrected chi connectivity index (χ3v) is 5.68. The number of ether oxygens (including phenoxy) is 1. The highest BCUT2D eigenvalue weighted by atomic mass is 127. The summed E-state index contributed by atoms with van der Waals surface area (Å²) >= 11 is 8.09. The molecule has 0 aromatic heterocycles. The SMILES string of the molecule is C[C@H](NC(=O)/C(C#N)=C\c1ccc(OCc2ccc(Cl)cc2)c(I)c1)c1ccccc1. The number of amides is 1. The van der Waals surface area contributed by atoms with Crippen LogP contribution in [0.4, 0.5) is 0 Å². The highest BCUT2D eigenvalue weighted by Crippen LogP contribution is 2.25. The van der Waals surface area contributed by atoms with Gasteiger partial charge in [-0.25, -0.2) is 0 Å². The lowest BCUT2D eigenvalue weighted by atomic mass is 10.1. The van der Waals surface area contributed by atoms with Crippen molar-refractivity contribution >= 4 is 46.2 Å². The van der Waals surface area contributed by atoms with Crippen LogP contribution in [0.3, 0.4) is 0 Å². The van der Waals surface area contributed by atoms with E-state index in [-0.39, 0.29) is 11.6 Å². The average Bonchev–Trinajstić information content (AvgIpc) is 2.78. The van der Waals surface area contributed by atoms with Crippen LogP contribution in [0, 0.1) is 14.9 Å². The Kier molecular flexibility index (Phi) is 8.10. The van der Waals surface area contributed by atoms with E-state index in [1.54, 1.807) is 6.08 Å². The summed E-state index contributed by atoms with van der Waals surface area (Å²) in [6, 6.07) is 24.4. The van der Waals surface area contributed by atoms with E-state index in [0.717, 1.165) is 26.0 Å². The predicted octanol–water partition coefficient (Wildman–Crippen LogP) is 6.31. The van der Waals surface area contributed by atoms with Crippen molar-refractivity contribution in [1.29, 1.82) is 5.26 Å². The van der Waals surface area contributed by atoms with Crippen molar-refractivity contribution in [3.05, 3.63) is 104 Å². The fraction of sp³-hybridized carbons (Fsp3) is 0.120. The Balaban J connectivity index is 1.67. The summed E-state index contributed by atoms with van der Waals surface area (Å²) in [5.74, 6) is 0.324. The van der Waals surface area contributed by atoms with Crippen molar-refractivity contribution in [1.82, 2.24) is 5.32 Å². The maximum Gasteiger partial charge on any atom is 0.262 e. The molecule has 0 spiro atoms. The summed E-state index contributed by atoms with van der Waals surface area (Å²) < 4.78 is 6.77. The summed E-state index contributed by atoms with van der Waals surface area (Å²) in [6.45, 7) is 2.31. The van der Waals surface area contributed by atoms with Crippen LogP contribution < -0.4 is 10.1 Å². The maximum absolute atomic E-state index is 12.6. The minimum atomic E-state index is -0.406. The maximum atomic E-state index is 12.6. The first kappa shape index (κ1) is 22.9. The monoisotopic (exact) mass is 542 g/mol. The molecule has 0 aliphatic rings. The molecule has 0 aliphatic heterocycles. The second-order valence-electron chi connectivity index (χ2n) is 6.88. The van der Waals surface area contributed by atoms with Crippen molar-refractivity contribution in [3.63, 3.8) is 0 Å². The minimum Gasteiger partial charge on any atom is -0.488 e. The molecule has 1 N–H and O–H groups in total. The molecule has 0 bridgehead atoms. The van der Waals surface area contributed by atoms with Crippen LogP contribution in [0.1, 0.15) is 29.7 Å². The smallest absolute Gasteiger partial charge is 0.262 e. The number of rotatable bonds is 7. The molecule has 156 valence electrons. The molecule has 0 aliphatic carbocycles. The van der Waals surface area contributed by atoms with Gasteiger partial charge in [-0.1, -0.05) is 60.1 Å². The summed E-state index contributed by atoms with van der Waals surface area (Å²) in [7, 11) is 0. The van der Waals surface area contributed by atoms with Crippen LogP contribution in [-0.4, -0.2) is 5.91 Å². The molecule has 0 heterocycles. The fourth-order valence-corrected chi connectivity index (χ4v) is 3.70. The second-order valence-corrected chi connectivity index (χ2v) is 8.48. The Morgan fingerprint density at radius 3 is 2.52 bits per heavy atom. The molecule has 0 fully saturated rings. The molecule has 4 nitrogen and oxygen atoms in total. The van der Waals surface area contributed by atoms with E-state index in [4.69, 9.17) is 16.3 Å². The Morgan fingerprint density at radius 1 is 1.16 bits per heavy atom. The molecule has 0 saturated heterocycles. The first-order chi connectivity index (χ1) is 15.0. The number of benzene rings is 3. The van der Waals surface area contributed by atoms with Crippen LogP contribution in [0.5, 0.6) is 5.75 Å². The lowest BCUT2D eigenvalue weighted by molar-refractivity contribution is -0.117. The molecule has 6 heteroatoms. The van der Waals surface area contributed by atoms with E-state index >= 15 is 0 Å². The predicted molar refractivity (Wildman–Crippen MR) is 132 cm³/mol. The molecule has 0 saturated carbocycles. The number of carbonyl (C=O) groups excluding carboxylic acids is 1. The minimum absolute atomic E-state index is 0.0495. The van der Waals surface area contributed by atoms with Gasteiger partial charge in [0.1, 0.15) is 24.0 Å². The molecule has 3 rings (SSSR count). The van der Waals surface area contributed by atoms with Gasteiger partial charge in [-0.15, -0.1) is 0 Å². The average molecular weight is 543 g/mol. The lowest BCUT2D eigenvalue weighted by Crippen LogP contribution is -2.27. The van der Waals surface area contributed by atoms with Crippen LogP contribution in [0.2, 0.25) is 5.02 Å². The number of nitrogens with zero attached hydrogens (tertiary/aromatic N) is 1. The molecule has 0 unspecified atom stereocenters. The van der Waals surface area contributed by atoms with Crippen molar-refractivity contribution in [2.75, 3.05) is 0 Å². The summed E-state index contributed by atoms with van der Waals surface area (Å²) in [5, 5.41) is 13.0. The molecule has 0 radical (unpaired) electrons. The normalized spacial score (nSPS) is 12.0. The van der Waals surface area contributed by atoms with Gasteiger partial charge in [-0.2, -0.15) is 5.26 Å². The Labute approximate surface area is 200 Å². The van der Waals surface area contributed by atoms with E-state index in [0.29, 0.717) is 11.6 Å². The van der Waals surface area contributed by atoms with Crippen LogP contribution in [0.25, 0.3) is 6.08 Å². The number of carbonyl (C=O) groups is 1. The van der Waals surface area contributed by atoms with E-state index in [1.807, 2.05) is 85.8 Å². The topological polar surface area (TPSA) is 62.1 Å². The molecule has 1 atom stereocenters. The zero-order valence-electron chi connectivity index (χ0n) is 16.8. The first-order valence-corrected chi connectivity index (χ1v) is 11.1. The summed E-state index contributed by atoms with van der Waals surface area (Å²) in [5.41, 5.74) is 2.79. The van der Waals surface area contributed by atoms with Gasteiger partial charge >= 0.3 is 0 Å². The van der Waals surface area contributed by atoms with E-state index < -0.39 is 5.91 Å². The van der Waals surface area contributed by atoms with Gasteiger partial charge in [0.2, 0.25) is 0 Å². The first-order valence-electron chi connectivity index (χ1n) is 9.60. The molecular weight excluding hydrogens is 523 g/mol. The third kappa shape index (κ3) is 6.58. The number of hydrogen-bond donors (Lipinski definition) is 1. The lowest BCUT2D eigenvalue weighted by Gasteiger charge is -2.14. The van der Waals surface area contributed by atoms with Gasteiger partial charge in [0, 0.05) is 5.02 Å². The van der Waals surface area contributed by atoms with Crippen molar-refractivity contribution in [2.24, 2.45) is 0 Å². The number of nitrogens with one attached hydrogen (secondary N) is 1. The second kappa shape index (κ2) is 11.0. The van der Waals surface area contributed by atoms with Crippen molar-refractivity contribution in [2.45, 2.75) is 19.6 Å². The Bertz CT molecular complexity index is 1120. The number of nitriles is 1. The van der Waals surface area contributed by atoms with Crippen LogP contribution in [0.15, 0.2) is 78.4 Å². The van der Waals surface area contributed by atoms with Gasteiger partial charge in [0.15, 0.2) is 0 Å². The van der Waals surface area contributed by atoms with Gasteiger partial charge in [-0.05, 0) is 76.5 Å². The van der Waals surface area contributed by atoms with Gasteiger partial charge < -0.3 is 10.1 Å². The number of hydrogen-bond acceptors (Lipinski definition) is 3. The molecule has 31 heavy (non-hydrogen) atoms. The van der Waals surface area contributed by atoms with Crippen molar-refractivity contribution in [3.8, 4) is 11.8 Å². The Hall–Kier alpha value is -2.82. The highest BCUT2D eigenvalue weighted by molar-refractivity contribution is 14.1. The molecule has 3 aromatic carbocycles. The molecule has 3 aromatic rings. The van der Waals surface area contributed by atoms with E-state index in [9.17, 15) is 10.1 Å². The van der Waals surface area contributed by atoms with Crippen LogP contribution in [-0.2, 0) is 11.4 Å². The van der Waals surface area contributed by atoms with Crippen molar-refractivity contribution < 1.29 is 9.53 Å². The largest absolute Gasteiger partial charge is 0.488 e. The summed E-state index contributed by atoms with van der Waals surface area (Å²) in [4.78, 5) is 12.6. The van der Waals surface area contributed by atoms with Gasteiger partial charge in [0.05, 0.1) is 9.61 Å². The zero-order valence-corrected chi connectivity index (χ0v) is 19.7. The van der Waals surface area contributed by atoms with E-state index in [1.165, 1.54) is 0 Å². The molecular formula is C25H20ClIN2O2. The van der Waals surface area contributed by atoms with Crippen LogP contribution >= 0.6 is 34.2 Å². The fourth-order valence-electron chi connectivity index (χ4n) is 2.88. The van der Waals surface area contributed by atoms with Gasteiger partial charge in [0.25, 0.3) is 5.91 Å². The Morgan fingerprint density at radius 2 is 1.87 bits per heavy atom. The highest BCUT2D eigenvalue weighted by Gasteiger charge is 2.14. The molecule has 1 amide bonds. The van der Waals surface area contributed by atoms with Gasteiger partial charge in [-0.3, -0.25) is 4.79 Å².